The summed E-state index contributed by atoms with van der Waals surface area (Å²) in [7, 11) is 0. The molecule has 3 nitrogen and oxygen atoms in total. The highest BCUT2D eigenvalue weighted by atomic mass is 32.2. The average molecular weight is 258 g/mol. The van der Waals surface area contributed by atoms with Crippen molar-refractivity contribution in [3.05, 3.63) is 0 Å². The van der Waals surface area contributed by atoms with Crippen LogP contribution in [-0.4, -0.2) is 48.5 Å². The first-order valence-electron chi connectivity index (χ1n) is 6.74. The molecule has 0 spiro atoms. The smallest absolute Gasteiger partial charge is 0.236 e. The van der Waals surface area contributed by atoms with E-state index in [1.807, 2.05) is 16.7 Å². The van der Waals surface area contributed by atoms with Gasteiger partial charge in [0.25, 0.3) is 0 Å². The van der Waals surface area contributed by atoms with Gasteiger partial charge in [-0.05, 0) is 38.2 Å². The molecule has 1 aliphatic heterocycles. The number of nitrogens with zero attached hydrogens (tertiary/aromatic N) is 1. The van der Waals surface area contributed by atoms with Crippen LogP contribution in [-0.2, 0) is 4.79 Å². The van der Waals surface area contributed by atoms with Crippen LogP contribution in [0.1, 0.15) is 39.0 Å². The third-order valence-electron chi connectivity index (χ3n) is 3.32. The number of rotatable bonds is 6. The molecule has 1 aliphatic rings. The third kappa shape index (κ3) is 6.32. The second-order valence-corrected chi connectivity index (χ2v) is 5.84. The molecule has 1 heterocycles. The number of carbonyl (C=O) groups excluding carboxylic acids is 1. The normalized spacial score (nSPS) is 18.8. The topological polar surface area (TPSA) is 32.3 Å². The summed E-state index contributed by atoms with van der Waals surface area (Å²) in [6.45, 7) is 4.58. The van der Waals surface area contributed by atoms with Gasteiger partial charge in [0.05, 0.1) is 6.54 Å². The molecular formula is C13H26N2OS. The molecule has 0 aromatic rings. The Labute approximate surface area is 110 Å². The molecule has 1 N–H and O–H groups in total. The van der Waals surface area contributed by atoms with E-state index in [0.29, 0.717) is 12.6 Å². The van der Waals surface area contributed by atoms with Gasteiger partial charge in [-0.25, -0.2) is 0 Å². The maximum atomic E-state index is 12.0. The van der Waals surface area contributed by atoms with Gasteiger partial charge in [-0.15, -0.1) is 0 Å². The van der Waals surface area contributed by atoms with E-state index in [4.69, 9.17) is 0 Å². The molecule has 17 heavy (non-hydrogen) atoms. The van der Waals surface area contributed by atoms with E-state index in [-0.39, 0.29) is 5.91 Å². The molecule has 0 saturated carbocycles. The van der Waals surface area contributed by atoms with Crippen molar-refractivity contribution in [2.75, 3.05) is 31.6 Å². The fourth-order valence-corrected chi connectivity index (χ4v) is 2.68. The van der Waals surface area contributed by atoms with Crippen molar-refractivity contribution < 1.29 is 4.79 Å². The predicted octanol–water partition coefficient (Wildman–Crippen LogP) is 2.12. The second-order valence-electron chi connectivity index (χ2n) is 4.86. The van der Waals surface area contributed by atoms with Gasteiger partial charge in [-0.2, -0.15) is 11.8 Å². The number of hydrogen-bond acceptors (Lipinski definition) is 3. The highest BCUT2D eigenvalue weighted by molar-refractivity contribution is 7.98. The van der Waals surface area contributed by atoms with Crippen molar-refractivity contribution in [2.24, 2.45) is 0 Å². The van der Waals surface area contributed by atoms with Crippen molar-refractivity contribution in [3.63, 3.8) is 0 Å². The quantitative estimate of drug-likeness (QED) is 0.792. The number of thioether (sulfide) groups is 1. The van der Waals surface area contributed by atoms with E-state index in [1.54, 1.807) is 0 Å². The van der Waals surface area contributed by atoms with Gasteiger partial charge in [0.1, 0.15) is 0 Å². The minimum absolute atomic E-state index is 0.280. The fourth-order valence-electron chi connectivity index (χ4n) is 2.09. The molecule has 0 aromatic heterocycles. The Morgan fingerprint density at radius 3 is 2.53 bits per heavy atom. The van der Waals surface area contributed by atoms with Crippen LogP contribution in [0.25, 0.3) is 0 Å². The third-order valence-corrected chi connectivity index (χ3v) is 3.96. The maximum absolute atomic E-state index is 12.0. The van der Waals surface area contributed by atoms with Gasteiger partial charge in [-0.3, -0.25) is 4.79 Å². The number of amides is 1. The zero-order valence-electron chi connectivity index (χ0n) is 11.2. The molecule has 1 fully saturated rings. The molecule has 1 rings (SSSR count). The Hall–Kier alpha value is -0.220. The van der Waals surface area contributed by atoms with Crippen LogP contribution in [0.3, 0.4) is 0 Å². The summed E-state index contributed by atoms with van der Waals surface area (Å²) in [5.41, 5.74) is 0. The zero-order chi connectivity index (χ0) is 12.5. The van der Waals surface area contributed by atoms with Crippen LogP contribution >= 0.6 is 11.8 Å². The molecule has 0 radical (unpaired) electrons. The summed E-state index contributed by atoms with van der Waals surface area (Å²) in [4.78, 5) is 14.0. The highest BCUT2D eigenvalue weighted by Gasteiger charge is 2.15. The summed E-state index contributed by atoms with van der Waals surface area (Å²) in [6.07, 6.45) is 8.16. The molecule has 100 valence electrons. The Morgan fingerprint density at radius 2 is 1.94 bits per heavy atom. The van der Waals surface area contributed by atoms with Gasteiger partial charge >= 0.3 is 0 Å². The molecule has 0 aliphatic carbocycles. The first-order valence-corrected chi connectivity index (χ1v) is 8.13. The van der Waals surface area contributed by atoms with Crippen LogP contribution < -0.4 is 5.32 Å². The summed E-state index contributed by atoms with van der Waals surface area (Å²) < 4.78 is 0. The Balaban J connectivity index is 2.18. The Kier molecular flexibility index (Phi) is 7.69. The summed E-state index contributed by atoms with van der Waals surface area (Å²) in [6, 6.07) is 0.443. The lowest BCUT2D eigenvalue weighted by molar-refractivity contribution is -0.130. The van der Waals surface area contributed by atoms with Gasteiger partial charge in [0, 0.05) is 19.1 Å². The molecular weight excluding hydrogens is 232 g/mol. The Bertz CT molecular complexity index is 215. The van der Waals surface area contributed by atoms with E-state index >= 15 is 0 Å². The van der Waals surface area contributed by atoms with E-state index in [0.717, 1.165) is 25.3 Å². The highest BCUT2D eigenvalue weighted by Crippen LogP contribution is 2.09. The number of hydrogen-bond donors (Lipinski definition) is 1. The lowest BCUT2D eigenvalue weighted by Gasteiger charge is -2.22. The van der Waals surface area contributed by atoms with Gasteiger partial charge in [-0.1, -0.05) is 12.8 Å². The minimum atomic E-state index is 0.280. The summed E-state index contributed by atoms with van der Waals surface area (Å²) in [5.74, 6) is 1.44. The van der Waals surface area contributed by atoms with Crippen LogP contribution in [0, 0.1) is 0 Å². The molecule has 4 heteroatoms. The van der Waals surface area contributed by atoms with Gasteiger partial charge < -0.3 is 10.2 Å². The van der Waals surface area contributed by atoms with Crippen molar-refractivity contribution >= 4 is 17.7 Å². The maximum Gasteiger partial charge on any atom is 0.236 e. The molecule has 1 unspecified atom stereocenters. The Morgan fingerprint density at radius 1 is 1.29 bits per heavy atom. The van der Waals surface area contributed by atoms with Crippen molar-refractivity contribution in [2.45, 2.75) is 45.1 Å². The second kappa shape index (κ2) is 8.81. The first-order chi connectivity index (χ1) is 8.24. The van der Waals surface area contributed by atoms with Crippen molar-refractivity contribution in [3.8, 4) is 0 Å². The van der Waals surface area contributed by atoms with E-state index in [1.165, 1.54) is 25.7 Å². The SMILES string of the molecule is CSCCC(C)NCC(=O)N1CCCCCC1. The zero-order valence-corrected chi connectivity index (χ0v) is 12.0. The minimum Gasteiger partial charge on any atom is -0.342 e. The molecule has 1 saturated heterocycles. The van der Waals surface area contributed by atoms with Crippen LogP contribution in [0.15, 0.2) is 0 Å². The van der Waals surface area contributed by atoms with E-state index in [9.17, 15) is 4.79 Å². The van der Waals surface area contributed by atoms with Crippen molar-refractivity contribution in [1.82, 2.24) is 10.2 Å². The lowest BCUT2D eigenvalue weighted by atomic mass is 10.2. The molecule has 0 bridgehead atoms. The summed E-state index contributed by atoms with van der Waals surface area (Å²) >= 11 is 1.86. The number of nitrogens with one attached hydrogen (secondary N) is 1. The summed E-state index contributed by atoms with van der Waals surface area (Å²) in [5, 5.41) is 3.33. The van der Waals surface area contributed by atoms with E-state index < -0.39 is 0 Å². The largest absolute Gasteiger partial charge is 0.342 e. The van der Waals surface area contributed by atoms with Crippen LogP contribution in [0.2, 0.25) is 0 Å². The first kappa shape index (κ1) is 14.8. The predicted molar refractivity (Wildman–Crippen MR) is 75.5 cm³/mol. The van der Waals surface area contributed by atoms with E-state index in [2.05, 4.69) is 18.5 Å². The monoisotopic (exact) mass is 258 g/mol. The fraction of sp³-hybridized carbons (Fsp3) is 0.923. The molecule has 1 atom stereocenters. The number of likely N-dealkylation sites (tertiary alicyclic amines) is 1. The van der Waals surface area contributed by atoms with Crippen LogP contribution in [0.4, 0.5) is 0 Å². The van der Waals surface area contributed by atoms with Crippen molar-refractivity contribution in [1.29, 1.82) is 0 Å². The standard InChI is InChI=1S/C13H26N2OS/c1-12(7-10-17-2)14-11-13(16)15-8-5-3-4-6-9-15/h12,14H,3-11H2,1-2H3. The van der Waals surface area contributed by atoms with Crippen LogP contribution in [0.5, 0.6) is 0 Å². The lowest BCUT2D eigenvalue weighted by Crippen LogP contribution is -2.41. The molecule has 0 aromatic carbocycles. The number of carbonyl (C=O) groups is 1. The van der Waals surface area contributed by atoms with Gasteiger partial charge in [0.2, 0.25) is 5.91 Å². The van der Waals surface area contributed by atoms with Gasteiger partial charge in [0.15, 0.2) is 0 Å². The average Bonchev–Trinajstić information content (AvgIpc) is 2.62. The molecule has 1 amide bonds.